The molecule has 2 rings (SSSR count). The van der Waals surface area contributed by atoms with Crippen LogP contribution in [-0.4, -0.2) is 54.0 Å². The third-order valence-electron chi connectivity index (χ3n) is 4.99. The van der Waals surface area contributed by atoms with E-state index < -0.39 is 0 Å². The van der Waals surface area contributed by atoms with Crippen LogP contribution in [0.15, 0.2) is 0 Å². The summed E-state index contributed by atoms with van der Waals surface area (Å²) in [4.78, 5) is 2.60. The van der Waals surface area contributed by atoms with Gasteiger partial charge in [0.2, 0.25) is 0 Å². The lowest BCUT2D eigenvalue weighted by atomic mass is 9.89. The number of nitrogens with zero attached hydrogens (tertiary/aromatic N) is 1. The van der Waals surface area contributed by atoms with Crippen LogP contribution in [0.2, 0.25) is 0 Å². The Hall–Kier alpha value is -0.160. The van der Waals surface area contributed by atoms with E-state index in [1.54, 1.807) is 0 Å². The average molecular weight is 270 g/mol. The highest BCUT2D eigenvalue weighted by molar-refractivity contribution is 4.88. The fraction of sp³-hybridized carbons (Fsp3) is 1.00. The summed E-state index contributed by atoms with van der Waals surface area (Å²) in [5.74, 6) is 0. The number of fused-ring (bicyclic) bond motifs is 1. The fourth-order valence-corrected chi connectivity index (χ4v) is 3.46. The third kappa shape index (κ3) is 3.91. The number of aliphatic hydroxyl groups excluding tert-OH is 1. The quantitative estimate of drug-likeness (QED) is 0.768. The maximum atomic E-state index is 9.35. The molecule has 1 saturated carbocycles. The van der Waals surface area contributed by atoms with Crippen LogP contribution in [0, 0.1) is 0 Å². The number of nitrogens with two attached hydrogens (primary N) is 1. The summed E-state index contributed by atoms with van der Waals surface area (Å²) < 4.78 is 5.90. The highest BCUT2D eigenvalue weighted by Crippen LogP contribution is 2.28. The van der Waals surface area contributed by atoms with Crippen molar-refractivity contribution in [3.63, 3.8) is 0 Å². The number of aliphatic hydroxyl groups is 1. The molecule has 4 heteroatoms. The van der Waals surface area contributed by atoms with Crippen LogP contribution < -0.4 is 5.73 Å². The summed E-state index contributed by atoms with van der Waals surface area (Å²) in [7, 11) is 0. The molecule has 4 nitrogen and oxygen atoms in total. The van der Waals surface area contributed by atoms with Gasteiger partial charge in [0.15, 0.2) is 0 Å². The number of hydrogen-bond acceptors (Lipinski definition) is 4. The predicted octanol–water partition coefficient (Wildman–Crippen LogP) is 1.51. The van der Waals surface area contributed by atoms with Gasteiger partial charge in [0, 0.05) is 18.1 Å². The first kappa shape index (κ1) is 15.2. The van der Waals surface area contributed by atoms with Crippen molar-refractivity contribution in [3.8, 4) is 0 Å². The summed E-state index contributed by atoms with van der Waals surface area (Å²) in [6.45, 7) is 5.19. The highest BCUT2D eigenvalue weighted by atomic mass is 16.5. The van der Waals surface area contributed by atoms with Crippen LogP contribution in [-0.2, 0) is 4.74 Å². The topological polar surface area (TPSA) is 58.7 Å². The van der Waals surface area contributed by atoms with Crippen molar-refractivity contribution >= 4 is 0 Å². The van der Waals surface area contributed by atoms with Gasteiger partial charge >= 0.3 is 0 Å². The van der Waals surface area contributed by atoms with Crippen molar-refractivity contribution in [2.24, 2.45) is 5.73 Å². The van der Waals surface area contributed by atoms with E-state index in [0.29, 0.717) is 12.1 Å². The van der Waals surface area contributed by atoms with E-state index in [9.17, 15) is 5.11 Å². The molecule has 3 unspecified atom stereocenters. The highest BCUT2D eigenvalue weighted by Gasteiger charge is 2.34. The molecule has 0 spiro atoms. The van der Waals surface area contributed by atoms with Crippen LogP contribution in [0.4, 0.5) is 0 Å². The van der Waals surface area contributed by atoms with Crippen molar-refractivity contribution in [1.82, 2.24) is 4.90 Å². The average Bonchev–Trinajstić information content (AvgIpc) is 2.47. The maximum Gasteiger partial charge on any atom is 0.0730 e. The molecule has 0 aromatic rings. The fourth-order valence-electron chi connectivity index (χ4n) is 3.46. The van der Waals surface area contributed by atoms with Gasteiger partial charge in [-0.25, -0.2) is 0 Å². The van der Waals surface area contributed by atoms with E-state index in [4.69, 9.17) is 10.5 Å². The third-order valence-corrected chi connectivity index (χ3v) is 4.99. The second kappa shape index (κ2) is 7.02. The van der Waals surface area contributed by atoms with E-state index >= 15 is 0 Å². The van der Waals surface area contributed by atoms with E-state index in [2.05, 4.69) is 11.8 Å². The molecule has 0 aromatic heterocycles. The van der Waals surface area contributed by atoms with Gasteiger partial charge in [-0.1, -0.05) is 19.8 Å². The molecule has 2 fully saturated rings. The summed E-state index contributed by atoms with van der Waals surface area (Å²) in [5.41, 5.74) is 5.77. The van der Waals surface area contributed by atoms with Gasteiger partial charge in [0.05, 0.1) is 19.3 Å². The molecule has 0 aromatic carbocycles. The number of ether oxygens (including phenoxy) is 1. The van der Waals surface area contributed by atoms with E-state index in [1.807, 2.05) is 0 Å². The Morgan fingerprint density at radius 2 is 2.16 bits per heavy atom. The standard InChI is InChI=1S/C15H30N2O2/c1-2-15(16,12-18)8-5-9-17-10-11-19-14-7-4-3-6-13(14)17/h13-14,18H,2-12,16H2,1H3. The van der Waals surface area contributed by atoms with Crippen molar-refractivity contribution in [3.05, 3.63) is 0 Å². The zero-order chi connectivity index (χ0) is 13.7. The van der Waals surface area contributed by atoms with Crippen molar-refractivity contribution in [2.75, 3.05) is 26.3 Å². The van der Waals surface area contributed by atoms with Crippen LogP contribution in [0.25, 0.3) is 0 Å². The smallest absolute Gasteiger partial charge is 0.0730 e. The zero-order valence-corrected chi connectivity index (χ0v) is 12.3. The molecule has 1 heterocycles. The lowest BCUT2D eigenvalue weighted by Gasteiger charge is -2.44. The normalized spacial score (nSPS) is 31.7. The first-order chi connectivity index (χ1) is 9.18. The molecule has 3 N–H and O–H groups in total. The second-order valence-electron chi connectivity index (χ2n) is 6.27. The van der Waals surface area contributed by atoms with Crippen LogP contribution >= 0.6 is 0 Å². The predicted molar refractivity (Wildman–Crippen MR) is 77.1 cm³/mol. The molecule has 1 aliphatic heterocycles. The molecule has 3 atom stereocenters. The van der Waals surface area contributed by atoms with Crippen LogP contribution in [0.5, 0.6) is 0 Å². The first-order valence-corrected chi connectivity index (χ1v) is 7.94. The summed E-state index contributed by atoms with van der Waals surface area (Å²) in [6, 6.07) is 0.630. The minimum atomic E-state index is -0.377. The van der Waals surface area contributed by atoms with Gasteiger partial charge < -0.3 is 15.6 Å². The largest absolute Gasteiger partial charge is 0.394 e. The first-order valence-electron chi connectivity index (χ1n) is 7.94. The molecule has 0 amide bonds. The minimum absolute atomic E-state index is 0.0959. The molecule has 19 heavy (non-hydrogen) atoms. The molecule has 2 aliphatic rings. The van der Waals surface area contributed by atoms with E-state index in [0.717, 1.165) is 39.0 Å². The minimum Gasteiger partial charge on any atom is -0.394 e. The van der Waals surface area contributed by atoms with Crippen LogP contribution in [0.3, 0.4) is 0 Å². The van der Waals surface area contributed by atoms with Crippen molar-refractivity contribution < 1.29 is 9.84 Å². The van der Waals surface area contributed by atoms with Gasteiger partial charge in [-0.15, -0.1) is 0 Å². The van der Waals surface area contributed by atoms with Gasteiger partial charge in [-0.05, 0) is 38.6 Å². The van der Waals surface area contributed by atoms with Gasteiger partial charge in [-0.2, -0.15) is 0 Å². The molecule has 112 valence electrons. The summed E-state index contributed by atoms with van der Waals surface area (Å²) in [6.07, 6.45) is 8.48. The molecular formula is C15H30N2O2. The van der Waals surface area contributed by atoms with Crippen molar-refractivity contribution in [1.29, 1.82) is 0 Å². The lowest BCUT2D eigenvalue weighted by Crippen LogP contribution is -2.53. The second-order valence-corrected chi connectivity index (χ2v) is 6.27. The molecular weight excluding hydrogens is 240 g/mol. The molecule has 1 saturated heterocycles. The Balaban J connectivity index is 1.78. The number of morpholine rings is 1. The van der Waals surface area contributed by atoms with E-state index in [-0.39, 0.29) is 12.1 Å². The van der Waals surface area contributed by atoms with Gasteiger partial charge in [0.1, 0.15) is 0 Å². The van der Waals surface area contributed by atoms with Crippen molar-refractivity contribution in [2.45, 2.75) is 69.6 Å². The Bertz CT molecular complexity index is 267. The van der Waals surface area contributed by atoms with E-state index in [1.165, 1.54) is 25.7 Å². The number of rotatable bonds is 6. The summed E-state index contributed by atoms with van der Waals surface area (Å²) >= 11 is 0. The molecule has 1 aliphatic carbocycles. The van der Waals surface area contributed by atoms with Gasteiger partial charge in [-0.3, -0.25) is 4.90 Å². The van der Waals surface area contributed by atoms with Gasteiger partial charge in [0.25, 0.3) is 0 Å². The Morgan fingerprint density at radius 3 is 2.89 bits per heavy atom. The summed E-state index contributed by atoms with van der Waals surface area (Å²) in [5, 5.41) is 9.35. The number of hydrogen-bond donors (Lipinski definition) is 2. The Kier molecular flexibility index (Phi) is 5.63. The zero-order valence-electron chi connectivity index (χ0n) is 12.3. The van der Waals surface area contributed by atoms with Crippen LogP contribution in [0.1, 0.15) is 51.9 Å². The monoisotopic (exact) mass is 270 g/mol. The lowest BCUT2D eigenvalue weighted by molar-refractivity contribution is -0.0886. The Labute approximate surface area is 117 Å². The SMILES string of the molecule is CCC(N)(CO)CCCN1CCOC2CCCCC21. The molecule has 0 bridgehead atoms. The maximum absolute atomic E-state index is 9.35. The Morgan fingerprint density at radius 1 is 1.37 bits per heavy atom. The molecule has 0 radical (unpaired) electrons.